The van der Waals surface area contributed by atoms with Crippen LogP contribution < -0.4 is 10.2 Å². The van der Waals surface area contributed by atoms with Crippen molar-refractivity contribution in [1.82, 2.24) is 5.32 Å². The molecule has 3 unspecified atom stereocenters. The van der Waals surface area contributed by atoms with Crippen LogP contribution in [-0.2, 0) is 27.9 Å². The van der Waals surface area contributed by atoms with E-state index in [9.17, 15) is 19.0 Å². The zero-order valence-electron chi connectivity index (χ0n) is 44.9. The van der Waals surface area contributed by atoms with Gasteiger partial charge in [-0.1, -0.05) is 231 Å². The molecule has 0 radical (unpaired) electrons. The number of phosphoric acid groups is 1. The van der Waals surface area contributed by atoms with Crippen LogP contribution in [0.4, 0.5) is 0 Å². The van der Waals surface area contributed by atoms with Gasteiger partial charge in [0.05, 0.1) is 33.8 Å². The number of quaternary nitrogens is 1. The molecule has 0 aliphatic heterocycles. The Labute approximate surface area is 415 Å². The van der Waals surface area contributed by atoms with Crippen molar-refractivity contribution in [1.29, 1.82) is 0 Å². The highest BCUT2D eigenvalue weighted by Crippen LogP contribution is 2.38. The average Bonchev–Trinajstić information content (AvgIpc) is 3.28. The fraction of sp³-hybridized carbons (Fsp3) is 0.860. The Bertz CT molecular complexity index is 1250. The molecule has 67 heavy (non-hydrogen) atoms. The lowest BCUT2D eigenvalue weighted by Gasteiger charge is -2.30. The maximum Gasteiger partial charge on any atom is 0.306 e. The predicted molar refractivity (Wildman–Crippen MR) is 284 cm³/mol. The molecule has 1 amide bonds. The number of rotatable bonds is 51. The molecule has 9 nitrogen and oxygen atoms in total. The number of unbranched alkanes of at least 4 members (excludes halogenated alkanes) is 32. The summed E-state index contributed by atoms with van der Waals surface area (Å²) < 4.78 is 30.2. The fourth-order valence-corrected chi connectivity index (χ4v) is 8.88. The molecular weight excluding hydrogens is 856 g/mol. The van der Waals surface area contributed by atoms with Gasteiger partial charge in [-0.3, -0.25) is 14.2 Å². The third-order valence-corrected chi connectivity index (χ3v) is 13.6. The maximum atomic E-state index is 13.4. The Morgan fingerprint density at radius 1 is 0.522 bits per heavy atom. The SMILES string of the molecule is CCCCC/C=C/C=C/CCCCCCCCC(=O)NC(COP(=O)([O-])OCC[N+](C)(C)C)C(/C=C/CCCCCCCCCCC)OC(=O)CCCCCCCCCCCCCCCCC. The Hall–Kier alpha value is -1.77. The number of nitrogens with zero attached hydrogens (tertiary/aromatic N) is 1. The van der Waals surface area contributed by atoms with Crippen molar-refractivity contribution < 1.29 is 37.3 Å². The summed E-state index contributed by atoms with van der Waals surface area (Å²) >= 11 is 0. The minimum atomic E-state index is -4.69. The highest BCUT2D eigenvalue weighted by atomic mass is 31.2. The van der Waals surface area contributed by atoms with Crippen LogP contribution in [0, 0.1) is 0 Å². The zero-order chi connectivity index (χ0) is 49.4. The molecule has 0 aromatic carbocycles. The maximum absolute atomic E-state index is 13.4. The van der Waals surface area contributed by atoms with E-state index in [1.54, 1.807) is 0 Å². The highest BCUT2D eigenvalue weighted by Gasteiger charge is 2.27. The van der Waals surface area contributed by atoms with Crippen LogP contribution in [0.5, 0.6) is 0 Å². The Morgan fingerprint density at radius 3 is 1.34 bits per heavy atom. The fourth-order valence-electron chi connectivity index (χ4n) is 8.16. The van der Waals surface area contributed by atoms with E-state index in [-0.39, 0.29) is 31.5 Å². The van der Waals surface area contributed by atoms with Crippen molar-refractivity contribution in [3.05, 3.63) is 36.5 Å². The number of ether oxygens (including phenoxy) is 1. The van der Waals surface area contributed by atoms with E-state index >= 15 is 0 Å². The number of allylic oxidation sites excluding steroid dienone is 5. The van der Waals surface area contributed by atoms with Crippen molar-refractivity contribution >= 4 is 19.7 Å². The van der Waals surface area contributed by atoms with Crippen molar-refractivity contribution in [2.45, 2.75) is 277 Å². The van der Waals surface area contributed by atoms with Crippen molar-refractivity contribution in [3.63, 3.8) is 0 Å². The molecular formula is C57H109N2O7P. The zero-order valence-corrected chi connectivity index (χ0v) is 45.8. The van der Waals surface area contributed by atoms with E-state index in [0.29, 0.717) is 17.4 Å². The number of esters is 1. The van der Waals surface area contributed by atoms with Gasteiger partial charge in [0.2, 0.25) is 5.91 Å². The molecule has 0 bridgehead atoms. The minimum Gasteiger partial charge on any atom is -0.756 e. The van der Waals surface area contributed by atoms with Crippen LogP contribution in [0.25, 0.3) is 0 Å². The van der Waals surface area contributed by atoms with Gasteiger partial charge in [0, 0.05) is 12.8 Å². The third kappa shape index (κ3) is 49.0. The van der Waals surface area contributed by atoms with Gasteiger partial charge in [-0.2, -0.15) is 0 Å². The second-order valence-electron chi connectivity index (χ2n) is 20.5. The topological polar surface area (TPSA) is 114 Å². The van der Waals surface area contributed by atoms with Gasteiger partial charge in [0.1, 0.15) is 19.3 Å². The predicted octanol–water partition coefficient (Wildman–Crippen LogP) is 16.1. The van der Waals surface area contributed by atoms with Crippen molar-refractivity contribution in [2.24, 2.45) is 0 Å². The molecule has 394 valence electrons. The van der Waals surface area contributed by atoms with Gasteiger partial charge >= 0.3 is 5.97 Å². The minimum absolute atomic E-state index is 0.0230. The monoisotopic (exact) mass is 965 g/mol. The van der Waals surface area contributed by atoms with E-state index in [0.717, 1.165) is 83.5 Å². The lowest BCUT2D eigenvalue weighted by Crippen LogP contribution is -2.47. The first-order chi connectivity index (χ1) is 32.4. The van der Waals surface area contributed by atoms with Gasteiger partial charge in [0.25, 0.3) is 7.82 Å². The summed E-state index contributed by atoms with van der Waals surface area (Å²) in [5.41, 5.74) is 0. The van der Waals surface area contributed by atoms with E-state index in [2.05, 4.69) is 50.4 Å². The summed E-state index contributed by atoms with van der Waals surface area (Å²) in [7, 11) is 1.18. The Balaban J connectivity index is 5.34. The summed E-state index contributed by atoms with van der Waals surface area (Å²) in [4.78, 5) is 39.8. The van der Waals surface area contributed by atoms with Crippen LogP contribution in [0.1, 0.15) is 265 Å². The summed E-state index contributed by atoms with van der Waals surface area (Å²) in [6.07, 6.45) is 55.3. The van der Waals surface area contributed by atoms with Crippen LogP contribution in [0.3, 0.4) is 0 Å². The van der Waals surface area contributed by atoms with Crippen molar-refractivity contribution in [2.75, 3.05) is 40.9 Å². The molecule has 0 aromatic heterocycles. The molecule has 0 saturated heterocycles. The standard InChI is InChI=1S/C57H109N2O7P/c1-7-10-13-16-19-22-25-27-29-31-34-37-40-43-46-49-56(60)58-54(53-65-67(62,63)64-52-51-59(4,5)6)55(48-45-42-39-36-33-24-21-18-15-12-9-3)66-57(61)50-47-44-41-38-35-32-30-28-26-23-20-17-14-11-8-2/h19,22,25,27,45,48,54-55H,7-18,20-21,23-24,26,28-44,46-47,49-53H2,1-6H3,(H-,58,60,62,63)/b22-19+,27-25+,48-45+. The Morgan fingerprint density at radius 2 is 0.896 bits per heavy atom. The lowest BCUT2D eigenvalue weighted by molar-refractivity contribution is -0.870. The summed E-state index contributed by atoms with van der Waals surface area (Å²) in [6, 6.07) is -0.889. The van der Waals surface area contributed by atoms with E-state index in [1.165, 1.54) is 148 Å². The quantitative estimate of drug-likeness (QED) is 0.0161. The second kappa shape index (κ2) is 47.9. The number of hydrogen-bond acceptors (Lipinski definition) is 7. The van der Waals surface area contributed by atoms with Gasteiger partial charge in [0.15, 0.2) is 0 Å². The van der Waals surface area contributed by atoms with Crippen LogP contribution in [-0.4, -0.2) is 69.4 Å². The summed E-state index contributed by atoms with van der Waals surface area (Å²) in [6.45, 7) is 6.81. The first-order valence-electron chi connectivity index (χ1n) is 28.3. The van der Waals surface area contributed by atoms with Gasteiger partial charge in [-0.05, 0) is 57.4 Å². The molecule has 0 spiro atoms. The molecule has 0 saturated carbocycles. The largest absolute Gasteiger partial charge is 0.756 e. The van der Waals surface area contributed by atoms with Crippen molar-refractivity contribution in [3.8, 4) is 0 Å². The summed E-state index contributed by atoms with van der Waals surface area (Å²) in [5, 5.41) is 3.01. The van der Waals surface area contributed by atoms with Gasteiger partial charge in [-0.15, -0.1) is 0 Å². The summed E-state index contributed by atoms with van der Waals surface area (Å²) in [5.74, 6) is -0.547. The number of amides is 1. The number of hydrogen-bond donors (Lipinski definition) is 1. The normalized spacial score (nSPS) is 14.1. The molecule has 0 heterocycles. The number of carbonyl (C=O) groups is 2. The van der Waals surface area contributed by atoms with E-state index in [4.69, 9.17) is 13.8 Å². The Kier molecular flexibility index (Phi) is 46.6. The molecule has 1 N–H and O–H groups in total. The number of phosphoric ester groups is 1. The second-order valence-corrected chi connectivity index (χ2v) is 21.9. The molecule has 0 fully saturated rings. The molecule has 0 rings (SSSR count). The van der Waals surface area contributed by atoms with Crippen LogP contribution >= 0.6 is 7.82 Å². The number of likely N-dealkylation sites (N-methyl/N-ethyl adjacent to an activating group) is 1. The van der Waals surface area contributed by atoms with E-state index < -0.39 is 20.0 Å². The first-order valence-corrected chi connectivity index (χ1v) is 29.8. The highest BCUT2D eigenvalue weighted by molar-refractivity contribution is 7.45. The van der Waals surface area contributed by atoms with E-state index in [1.807, 2.05) is 33.3 Å². The van der Waals surface area contributed by atoms with Crippen LogP contribution in [0.2, 0.25) is 0 Å². The number of nitrogens with one attached hydrogen (secondary N) is 1. The molecule has 0 aliphatic carbocycles. The number of carbonyl (C=O) groups excluding carboxylic acids is 2. The molecule has 10 heteroatoms. The molecule has 3 atom stereocenters. The molecule has 0 aromatic rings. The average molecular weight is 965 g/mol. The van der Waals surface area contributed by atoms with Gasteiger partial charge < -0.3 is 28.5 Å². The van der Waals surface area contributed by atoms with Gasteiger partial charge in [-0.25, -0.2) is 0 Å². The smallest absolute Gasteiger partial charge is 0.306 e. The first kappa shape index (κ1) is 65.2. The lowest BCUT2D eigenvalue weighted by atomic mass is 10.0. The third-order valence-electron chi connectivity index (χ3n) is 12.6. The van der Waals surface area contributed by atoms with Crippen LogP contribution in [0.15, 0.2) is 36.5 Å². The molecule has 0 aliphatic rings.